The first-order valence-electron chi connectivity index (χ1n) is 3.61. The number of nitrogens with two attached hydrogens (primary N) is 1. The van der Waals surface area contributed by atoms with E-state index in [0.717, 1.165) is 6.20 Å². The van der Waals surface area contributed by atoms with Gasteiger partial charge in [0, 0.05) is 11.6 Å². The zero-order valence-corrected chi connectivity index (χ0v) is 6.54. The molecule has 1 amide bonds. The molecule has 0 saturated heterocycles. The van der Waals surface area contributed by atoms with Crippen LogP contribution in [0.1, 0.15) is 10.4 Å². The Bertz CT molecular complexity index is 477. The molecule has 0 aliphatic heterocycles. The third-order valence-corrected chi connectivity index (χ3v) is 1.79. The van der Waals surface area contributed by atoms with E-state index in [2.05, 4.69) is 9.97 Å². The van der Waals surface area contributed by atoms with E-state index in [1.807, 2.05) is 0 Å². The lowest BCUT2D eigenvalue weighted by atomic mass is 10.2. The molecule has 0 atom stereocenters. The summed E-state index contributed by atoms with van der Waals surface area (Å²) in [6, 6.07) is 1.56. The Morgan fingerprint density at radius 3 is 3.08 bits per heavy atom. The number of pyridine rings is 1. The van der Waals surface area contributed by atoms with Crippen molar-refractivity contribution in [2.45, 2.75) is 0 Å². The number of carbonyl (C=O) groups is 1. The van der Waals surface area contributed by atoms with Crippen LogP contribution >= 0.6 is 0 Å². The van der Waals surface area contributed by atoms with Crippen LogP contribution in [-0.2, 0) is 0 Å². The first-order chi connectivity index (χ1) is 6.20. The Kier molecular flexibility index (Phi) is 1.51. The van der Waals surface area contributed by atoms with Crippen molar-refractivity contribution in [1.82, 2.24) is 9.97 Å². The van der Waals surface area contributed by atoms with E-state index in [9.17, 15) is 9.18 Å². The van der Waals surface area contributed by atoms with E-state index in [1.54, 1.807) is 12.3 Å². The summed E-state index contributed by atoms with van der Waals surface area (Å²) >= 11 is 0. The maximum Gasteiger partial charge on any atom is 0.252 e. The Labute approximate surface area is 72.6 Å². The number of rotatable bonds is 1. The number of H-pyrrole nitrogens is 1. The molecule has 2 rings (SSSR count). The molecule has 0 radical (unpaired) electrons. The number of primary amides is 1. The smallest absolute Gasteiger partial charge is 0.252 e. The fraction of sp³-hybridized carbons (Fsp3) is 0. The summed E-state index contributed by atoms with van der Waals surface area (Å²) in [4.78, 5) is 17.4. The van der Waals surface area contributed by atoms with Crippen LogP contribution in [-0.4, -0.2) is 15.9 Å². The van der Waals surface area contributed by atoms with E-state index in [1.165, 1.54) is 0 Å². The highest BCUT2D eigenvalue weighted by molar-refractivity contribution is 6.04. The maximum absolute atomic E-state index is 13.1. The lowest BCUT2D eigenvalue weighted by molar-refractivity contribution is 0.0998. The Hall–Kier alpha value is -1.91. The summed E-state index contributed by atoms with van der Waals surface area (Å²) in [5, 5.41) is 0.410. The van der Waals surface area contributed by atoms with Crippen LogP contribution in [0.5, 0.6) is 0 Å². The number of aromatic amines is 1. The molecular weight excluding hydrogens is 173 g/mol. The average molecular weight is 179 g/mol. The van der Waals surface area contributed by atoms with Crippen LogP contribution in [0, 0.1) is 5.82 Å². The molecule has 2 aromatic rings. The molecule has 13 heavy (non-hydrogen) atoms. The van der Waals surface area contributed by atoms with Crippen LogP contribution in [0.15, 0.2) is 18.5 Å². The fourth-order valence-corrected chi connectivity index (χ4v) is 1.23. The minimum absolute atomic E-state index is 0.119. The minimum atomic E-state index is -0.787. The molecule has 0 aliphatic rings. The topological polar surface area (TPSA) is 71.8 Å². The lowest BCUT2D eigenvalue weighted by Crippen LogP contribution is -2.13. The number of amides is 1. The minimum Gasteiger partial charge on any atom is -0.365 e. The fourth-order valence-electron chi connectivity index (χ4n) is 1.23. The van der Waals surface area contributed by atoms with Crippen molar-refractivity contribution in [3.8, 4) is 0 Å². The summed E-state index contributed by atoms with van der Waals surface area (Å²) in [5.74, 6) is -1.48. The van der Waals surface area contributed by atoms with Crippen molar-refractivity contribution in [2.24, 2.45) is 5.73 Å². The van der Waals surface area contributed by atoms with Gasteiger partial charge in [-0.15, -0.1) is 0 Å². The normalized spacial score (nSPS) is 10.5. The van der Waals surface area contributed by atoms with Gasteiger partial charge in [0.1, 0.15) is 5.65 Å². The molecule has 5 heteroatoms. The van der Waals surface area contributed by atoms with Crippen molar-refractivity contribution in [1.29, 1.82) is 0 Å². The number of aromatic nitrogens is 2. The SMILES string of the molecule is NC(=O)c1c(F)cnc2[nH]ccc12. The monoisotopic (exact) mass is 179 g/mol. The number of hydrogen-bond acceptors (Lipinski definition) is 2. The number of fused-ring (bicyclic) bond motifs is 1. The predicted molar refractivity (Wildman–Crippen MR) is 44.6 cm³/mol. The molecule has 2 aromatic heterocycles. The highest BCUT2D eigenvalue weighted by Crippen LogP contribution is 2.17. The van der Waals surface area contributed by atoms with Crippen LogP contribution in [0.25, 0.3) is 11.0 Å². The zero-order chi connectivity index (χ0) is 9.42. The molecule has 0 saturated carbocycles. The second-order valence-electron chi connectivity index (χ2n) is 2.59. The van der Waals surface area contributed by atoms with E-state index in [-0.39, 0.29) is 5.56 Å². The average Bonchev–Trinajstić information content (AvgIpc) is 2.50. The third-order valence-electron chi connectivity index (χ3n) is 1.79. The quantitative estimate of drug-likeness (QED) is 0.679. The van der Waals surface area contributed by atoms with Crippen LogP contribution < -0.4 is 5.73 Å². The second kappa shape index (κ2) is 2.55. The summed E-state index contributed by atoms with van der Waals surface area (Å²) in [5.41, 5.74) is 5.35. The molecule has 0 fully saturated rings. The number of halogens is 1. The molecule has 3 N–H and O–H groups in total. The predicted octanol–water partition coefficient (Wildman–Crippen LogP) is 0.801. The standard InChI is InChI=1S/C8H6FN3O/c9-5-3-12-8-4(1-2-11-8)6(5)7(10)13/h1-3H,(H2,10,13)(H,11,12). The molecule has 66 valence electrons. The molecule has 4 nitrogen and oxygen atoms in total. The number of hydrogen-bond donors (Lipinski definition) is 2. The van der Waals surface area contributed by atoms with Gasteiger partial charge in [-0.25, -0.2) is 9.37 Å². The first-order valence-corrected chi connectivity index (χ1v) is 3.61. The van der Waals surface area contributed by atoms with Gasteiger partial charge in [0.25, 0.3) is 5.91 Å². The molecule has 2 heterocycles. The van der Waals surface area contributed by atoms with Crippen molar-refractivity contribution >= 4 is 16.9 Å². The van der Waals surface area contributed by atoms with Crippen molar-refractivity contribution < 1.29 is 9.18 Å². The van der Waals surface area contributed by atoms with Gasteiger partial charge < -0.3 is 10.7 Å². The van der Waals surface area contributed by atoms with E-state index >= 15 is 0 Å². The molecule has 0 aliphatic carbocycles. The summed E-state index contributed by atoms with van der Waals surface area (Å²) < 4.78 is 13.1. The van der Waals surface area contributed by atoms with E-state index in [0.29, 0.717) is 11.0 Å². The first kappa shape index (κ1) is 7.72. The van der Waals surface area contributed by atoms with Crippen LogP contribution in [0.3, 0.4) is 0 Å². The van der Waals surface area contributed by atoms with Crippen LogP contribution in [0.2, 0.25) is 0 Å². The second-order valence-corrected chi connectivity index (χ2v) is 2.59. The molecule has 0 bridgehead atoms. The third kappa shape index (κ3) is 1.05. The van der Waals surface area contributed by atoms with Crippen LogP contribution in [0.4, 0.5) is 4.39 Å². The largest absolute Gasteiger partial charge is 0.365 e. The lowest BCUT2D eigenvalue weighted by Gasteiger charge is -1.98. The summed E-state index contributed by atoms with van der Waals surface area (Å²) in [7, 11) is 0. The highest BCUT2D eigenvalue weighted by atomic mass is 19.1. The van der Waals surface area contributed by atoms with Gasteiger partial charge in [0.15, 0.2) is 5.82 Å². The van der Waals surface area contributed by atoms with Crippen molar-refractivity contribution in [3.05, 3.63) is 29.8 Å². The van der Waals surface area contributed by atoms with Gasteiger partial charge >= 0.3 is 0 Å². The summed E-state index contributed by atoms with van der Waals surface area (Å²) in [6.07, 6.45) is 2.54. The van der Waals surface area contributed by atoms with Gasteiger partial charge in [-0.2, -0.15) is 0 Å². The Morgan fingerprint density at radius 1 is 1.62 bits per heavy atom. The molecular formula is C8H6FN3O. The number of carbonyl (C=O) groups excluding carboxylic acids is 1. The molecule has 0 spiro atoms. The molecule has 0 aromatic carbocycles. The Morgan fingerprint density at radius 2 is 2.38 bits per heavy atom. The number of nitrogens with one attached hydrogen (secondary N) is 1. The van der Waals surface area contributed by atoms with Crippen molar-refractivity contribution in [2.75, 3.05) is 0 Å². The van der Waals surface area contributed by atoms with Gasteiger partial charge in [0.2, 0.25) is 0 Å². The Balaban J connectivity index is 2.88. The van der Waals surface area contributed by atoms with E-state index < -0.39 is 11.7 Å². The van der Waals surface area contributed by atoms with Gasteiger partial charge in [-0.3, -0.25) is 4.79 Å². The van der Waals surface area contributed by atoms with E-state index in [4.69, 9.17) is 5.73 Å². The highest BCUT2D eigenvalue weighted by Gasteiger charge is 2.13. The van der Waals surface area contributed by atoms with Crippen molar-refractivity contribution in [3.63, 3.8) is 0 Å². The van der Waals surface area contributed by atoms with Gasteiger partial charge in [0.05, 0.1) is 11.8 Å². The maximum atomic E-state index is 13.1. The summed E-state index contributed by atoms with van der Waals surface area (Å²) in [6.45, 7) is 0. The number of nitrogens with zero attached hydrogens (tertiary/aromatic N) is 1. The molecule has 0 unspecified atom stereocenters. The zero-order valence-electron chi connectivity index (χ0n) is 6.54. The van der Waals surface area contributed by atoms with Gasteiger partial charge in [-0.05, 0) is 6.07 Å². The van der Waals surface area contributed by atoms with Gasteiger partial charge in [-0.1, -0.05) is 0 Å².